The Kier molecular flexibility index (Phi) is 2.32. The van der Waals surface area contributed by atoms with Crippen LogP contribution in [0.5, 0.6) is 0 Å². The summed E-state index contributed by atoms with van der Waals surface area (Å²) >= 11 is 0. The summed E-state index contributed by atoms with van der Waals surface area (Å²) in [6.45, 7) is 0. The van der Waals surface area contributed by atoms with Gasteiger partial charge in [-0.2, -0.15) is 0 Å². The molecule has 0 amide bonds. The molecule has 0 aliphatic carbocycles. The predicted molar refractivity (Wildman–Crippen MR) is 41.5 cm³/mol. The van der Waals surface area contributed by atoms with Crippen LogP contribution in [0.4, 0.5) is 5.95 Å². The fraction of sp³-hybridized carbons (Fsp3) is 0. The van der Waals surface area contributed by atoms with Gasteiger partial charge < -0.3 is 5.73 Å². The van der Waals surface area contributed by atoms with E-state index < -0.39 is 0 Å². The zero-order valence-electron chi connectivity index (χ0n) is 5.77. The Morgan fingerprint density at radius 2 is 2.00 bits per heavy atom. The summed E-state index contributed by atoms with van der Waals surface area (Å²) in [5, 5.41) is 0. The van der Waals surface area contributed by atoms with Crippen LogP contribution in [0, 0.1) is 0 Å². The number of hydrogen-bond acceptors (Lipinski definition) is 4. The Morgan fingerprint density at radius 3 is 2.55 bits per heavy atom. The fourth-order valence-electron chi connectivity index (χ4n) is 0.584. The molecule has 1 rings (SSSR count). The largest absolute Gasteiger partial charge is 0.368 e. The van der Waals surface area contributed by atoms with Crippen LogP contribution in [0.2, 0.25) is 0 Å². The number of carbonyl (C=O) groups excluding carboxylic acids is 1. The minimum absolute atomic E-state index is 0.230. The lowest BCUT2D eigenvalue weighted by Gasteiger charge is -1.90. The second-order valence-electron chi connectivity index (χ2n) is 1.87. The molecule has 0 saturated carbocycles. The number of aldehydes is 1. The molecular formula is C7H7N3O. The molecule has 4 nitrogen and oxygen atoms in total. The highest BCUT2D eigenvalue weighted by molar-refractivity contribution is 5.73. The standard InChI is InChI=1S/C7H7N3O/c8-7-9-4-6(5-10-7)2-1-3-11/h1-5H,(H2,8,9,10). The van der Waals surface area contributed by atoms with E-state index in [0.29, 0.717) is 6.29 Å². The number of nitrogen functional groups attached to an aromatic ring is 1. The van der Waals surface area contributed by atoms with Gasteiger partial charge in [-0.3, -0.25) is 4.79 Å². The fourth-order valence-corrected chi connectivity index (χ4v) is 0.584. The van der Waals surface area contributed by atoms with E-state index in [4.69, 9.17) is 5.73 Å². The van der Waals surface area contributed by atoms with Crippen LogP contribution in [-0.4, -0.2) is 16.3 Å². The Balaban J connectivity index is 2.81. The highest BCUT2D eigenvalue weighted by Crippen LogP contribution is 1.97. The van der Waals surface area contributed by atoms with Gasteiger partial charge in [0.25, 0.3) is 0 Å². The molecule has 4 heteroatoms. The number of rotatable bonds is 2. The predicted octanol–water partition coefficient (Wildman–Crippen LogP) is 0.271. The lowest BCUT2D eigenvalue weighted by molar-refractivity contribution is -0.104. The molecule has 2 N–H and O–H groups in total. The van der Waals surface area contributed by atoms with Gasteiger partial charge in [-0.15, -0.1) is 0 Å². The van der Waals surface area contributed by atoms with Gasteiger partial charge in [0.2, 0.25) is 5.95 Å². The molecule has 0 fully saturated rings. The summed E-state index contributed by atoms with van der Waals surface area (Å²) in [5.74, 6) is 0.230. The van der Waals surface area contributed by atoms with Gasteiger partial charge in [-0.05, 0) is 12.2 Å². The second-order valence-corrected chi connectivity index (χ2v) is 1.87. The quantitative estimate of drug-likeness (QED) is 0.484. The molecule has 0 aliphatic rings. The molecule has 0 aromatic carbocycles. The van der Waals surface area contributed by atoms with Crippen LogP contribution < -0.4 is 5.73 Å². The van der Waals surface area contributed by atoms with Gasteiger partial charge in [0.1, 0.15) is 6.29 Å². The van der Waals surface area contributed by atoms with Crippen LogP contribution in [0.3, 0.4) is 0 Å². The van der Waals surface area contributed by atoms with Gasteiger partial charge in [-0.25, -0.2) is 9.97 Å². The highest BCUT2D eigenvalue weighted by atomic mass is 16.1. The SMILES string of the molecule is Nc1ncc(C=CC=O)cn1. The molecule has 56 valence electrons. The molecule has 11 heavy (non-hydrogen) atoms. The van der Waals surface area contributed by atoms with Crippen LogP contribution in [0.15, 0.2) is 18.5 Å². The molecule has 0 radical (unpaired) electrons. The third-order valence-corrected chi connectivity index (χ3v) is 1.06. The number of hydrogen-bond donors (Lipinski definition) is 1. The van der Waals surface area contributed by atoms with Crippen molar-refractivity contribution in [2.24, 2.45) is 0 Å². The second kappa shape index (κ2) is 3.46. The molecular weight excluding hydrogens is 142 g/mol. The van der Waals surface area contributed by atoms with E-state index in [2.05, 4.69) is 9.97 Å². The van der Waals surface area contributed by atoms with Crippen LogP contribution in [0.25, 0.3) is 6.08 Å². The first-order chi connectivity index (χ1) is 5.33. The number of nitrogens with two attached hydrogens (primary N) is 1. The summed E-state index contributed by atoms with van der Waals surface area (Å²) in [7, 11) is 0. The normalized spacial score (nSPS) is 10.2. The highest BCUT2D eigenvalue weighted by Gasteiger charge is 1.87. The molecule has 0 spiro atoms. The van der Waals surface area contributed by atoms with E-state index >= 15 is 0 Å². The molecule has 0 atom stereocenters. The first-order valence-corrected chi connectivity index (χ1v) is 3.02. The van der Waals surface area contributed by atoms with Gasteiger partial charge in [0.05, 0.1) is 0 Å². The van der Waals surface area contributed by atoms with Crippen LogP contribution in [0.1, 0.15) is 5.56 Å². The lowest BCUT2D eigenvalue weighted by atomic mass is 10.3. The average Bonchev–Trinajstić information content (AvgIpc) is 2.04. The molecule has 0 aliphatic heterocycles. The lowest BCUT2D eigenvalue weighted by Crippen LogP contribution is -1.92. The summed E-state index contributed by atoms with van der Waals surface area (Å²) in [5.41, 5.74) is 6.00. The number of anilines is 1. The van der Waals surface area contributed by atoms with Crippen molar-refractivity contribution < 1.29 is 4.79 Å². The molecule has 1 aromatic heterocycles. The van der Waals surface area contributed by atoms with Crippen molar-refractivity contribution in [3.05, 3.63) is 24.0 Å². The van der Waals surface area contributed by atoms with Gasteiger partial charge in [0, 0.05) is 18.0 Å². The van der Waals surface area contributed by atoms with E-state index in [1.54, 1.807) is 18.5 Å². The zero-order chi connectivity index (χ0) is 8.10. The minimum Gasteiger partial charge on any atom is -0.368 e. The molecule has 1 aromatic rings. The monoisotopic (exact) mass is 149 g/mol. The third-order valence-electron chi connectivity index (χ3n) is 1.06. The average molecular weight is 149 g/mol. The Hall–Kier alpha value is -1.71. The van der Waals surface area contributed by atoms with Crippen molar-refractivity contribution in [1.82, 2.24) is 9.97 Å². The number of aromatic nitrogens is 2. The molecule has 1 heterocycles. The smallest absolute Gasteiger partial charge is 0.219 e. The van der Waals surface area contributed by atoms with E-state index in [9.17, 15) is 4.79 Å². The van der Waals surface area contributed by atoms with Crippen molar-refractivity contribution in [3.8, 4) is 0 Å². The van der Waals surface area contributed by atoms with Crippen molar-refractivity contribution in [2.75, 3.05) is 5.73 Å². The van der Waals surface area contributed by atoms with E-state index in [-0.39, 0.29) is 5.95 Å². The van der Waals surface area contributed by atoms with Crippen molar-refractivity contribution in [1.29, 1.82) is 0 Å². The summed E-state index contributed by atoms with van der Waals surface area (Å²) < 4.78 is 0. The van der Waals surface area contributed by atoms with Gasteiger partial charge >= 0.3 is 0 Å². The minimum atomic E-state index is 0.230. The molecule has 0 unspecified atom stereocenters. The maximum Gasteiger partial charge on any atom is 0.219 e. The van der Waals surface area contributed by atoms with Crippen molar-refractivity contribution in [3.63, 3.8) is 0 Å². The number of carbonyl (C=O) groups is 1. The first-order valence-electron chi connectivity index (χ1n) is 3.02. The van der Waals surface area contributed by atoms with E-state index in [0.717, 1.165) is 5.56 Å². The van der Waals surface area contributed by atoms with Crippen LogP contribution >= 0.6 is 0 Å². The van der Waals surface area contributed by atoms with Gasteiger partial charge in [-0.1, -0.05) is 0 Å². The maximum atomic E-state index is 9.89. The van der Waals surface area contributed by atoms with E-state index in [1.165, 1.54) is 6.08 Å². The Morgan fingerprint density at radius 1 is 1.36 bits per heavy atom. The summed E-state index contributed by atoms with van der Waals surface area (Å²) in [6.07, 6.45) is 6.75. The third kappa shape index (κ3) is 2.17. The number of allylic oxidation sites excluding steroid dienone is 1. The Labute approximate surface area is 63.8 Å². The zero-order valence-corrected chi connectivity index (χ0v) is 5.77. The van der Waals surface area contributed by atoms with Gasteiger partial charge in [0.15, 0.2) is 0 Å². The molecule has 0 saturated heterocycles. The van der Waals surface area contributed by atoms with Crippen molar-refractivity contribution in [2.45, 2.75) is 0 Å². The number of nitrogens with zero attached hydrogens (tertiary/aromatic N) is 2. The topological polar surface area (TPSA) is 68.9 Å². The van der Waals surface area contributed by atoms with E-state index in [1.807, 2.05) is 0 Å². The van der Waals surface area contributed by atoms with Crippen LogP contribution in [-0.2, 0) is 4.79 Å². The first kappa shape index (κ1) is 7.40. The summed E-state index contributed by atoms with van der Waals surface area (Å²) in [6, 6.07) is 0. The molecule has 0 bridgehead atoms. The maximum absolute atomic E-state index is 9.89. The Bertz CT molecular complexity index is 266. The van der Waals surface area contributed by atoms with Crippen molar-refractivity contribution >= 4 is 18.3 Å². The summed E-state index contributed by atoms with van der Waals surface area (Å²) in [4.78, 5) is 17.4.